The zero-order valence-electron chi connectivity index (χ0n) is 13.2. The third kappa shape index (κ3) is 2.83. The third-order valence-corrected chi connectivity index (χ3v) is 5.85. The molecule has 128 valence electrons. The summed E-state index contributed by atoms with van der Waals surface area (Å²) < 4.78 is 29.4. The van der Waals surface area contributed by atoms with Crippen molar-refractivity contribution >= 4 is 31.6 Å². The number of anilines is 1. The molecular formula is C16H14BrN5O2S. The molecule has 0 aliphatic carbocycles. The highest BCUT2D eigenvalue weighted by molar-refractivity contribution is 9.10. The van der Waals surface area contributed by atoms with Gasteiger partial charge in [-0.25, -0.2) is 13.1 Å². The number of nitrogens with zero attached hydrogens (tertiary/aromatic N) is 5. The molecule has 4 rings (SSSR count). The highest BCUT2D eigenvalue weighted by Crippen LogP contribution is 2.40. The highest BCUT2D eigenvalue weighted by atomic mass is 79.9. The molecule has 3 aromatic rings. The van der Waals surface area contributed by atoms with E-state index in [1.807, 2.05) is 42.5 Å². The maximum Gasteiger partial charge on any atom is 0.232 e. The molecule has 1 aromatic heterocycles. The minimum Gasteiger partial charge on any atom is -0.260 e. The molecule has 0 N–H and O–H groups in total. The molecule has 0 radical (unpaired) electrons. The van der Waals surface area contributed by atoms with Crippen LogP contribution in [-0.2, 0) is 16.6 Å². The first kappa shape index (κ1) is 16.2. The van der Waals surface area contributed by atoms with Gasteiger partial charge in [0.25, 0.3) is 0 Å². The minimum atomic E-state index is -3.53. The molecule has 0 amide bonds. The second-order valence-corrected chi connectivity index (χ2v) is 8.60. The lowest BCUT2D eigenvalue weighted by atomic mass is 10.1. The molecule has 0 saturated carbocycles. The number of fused-ring (bicyclic) bond motifs is 3. The third-order valence-electron chi connectivity index (χ3n) is 4.16. The van der Waals surface area contributed by atoms with E-state index in [9.17, 15) is 8.42 Å². The monoisotopic (exact) mass is 419 g/mol. The van der Waals surface area contributed by atoms with E-state index in [-0.39, 0.29) is 0 Å². The molecular weight excluding hydrogens is 406 g/mol. The van der Waals surface area contributed by atoms with Crippen molar-refractivity contribution in [3.8, 4) is 11.4 Å². The van der Waals surface area contributed by atoms with E-state index in [1.165, 1.54) is 10.6 Å². The quantitative estimate of drug-likeness (QED) is 0.637. The van der Waals surface area contributed by atoms with Crippen LogP contribution in [0.15, 0.2) is 53.0 Å². The molecule has 1 aliphatic heterocycles. The van der Waals surface area contributed by atoms with E-state index >= 15 is 0 Å². The number of sulfonamides is 1. The van der Waals surface area contributed by atoms with Gasteiger partial charge in [0, 0.05) is 10.0 Å². The number of hydrogen-bond acceptors (Lipinski definition) is 5. The fraction of sp³-hybridized carbons (Fsp3) is 0.188. The van der Waals surface area contributed by atoms with Crippen LogP contribution in [0.2, 0.25) is 0 Å². The summed E-state index contributed by atoms with van der Waals surface area (Å²) in [5.41, 5.74) is 2.13. The Morgan fingerprint density at radius 3 is 2.56 bits per heavy atom. The lowest BCUT2D eigenvalue weighted by molar-refractivity contribution is 0.513. The zero-order valence-corrected chi connectivity index (χ0v) is 15.6. The van der Waals surface area contributed by atoms with Crippen molar-refractivity contribution in [3.05, 3.63) is 58.6 Å². The van der Waals surface area contributed by atoms with E-state index in [4.69, 9.17) is 0 Å². The van der Waals surface area contributed by atoms with Crippen LogP contribution in [0, 0.1) is 0 Å². The van der Waals surface area contributed by atoms with Crippen LogP contribution in [0.1, 0.15) is 11.6 Å². The lowest BCUT2D eigenvalue weighted by Crippen LogP contribution is -2.35. The topological polar surface area (TPSA) is 81.0 Å². The maximum atomic E-state index is 12.7. The zero-order chi connectivity index (χ0) is 17.6. The Morgan fingerprint density at radius 1 is 1.12 bits per heavy atom. The van der Waals surface area contributed by atoms with Gasteiger partial charge < -0.3 is 0 Å². The summed E-state index contributed by atoms with van der Waals surface area (Å²) in [6, 6.07) is 14.4. The SMILES string of the molecule is CS(=O)(=O)N1c2ccccc2-c2nnnn2CC1c1ccc(Br)cc1. The summed E-state index contributed by atoms with van der Waals surface area (Å²) in [6.45, 7) is 0.325. The van der Waals surface area contributed by atoms with Crippen molar-refractivity contribution in [3.63, 3.8) is 0 Å². The summed E-state index contributed by atoms with van der Waals surface area (Å²) >= 11 is 3.42. The summed E-state index contributed by atoms with van der Waals surface area (Å²) in [4.78, 5) is 0. The number of halogens is 1. The Bertz CT molecular complexity index is 1030. The van der Waals surface area contributed by atoms with Gasteiger partial charge in [-0.2, -0.15) is 0 Å². The van der Waals surface area contributed by atoms with Crippen molar-refractivity contribution in [1.82, 2.24) is 20.2 Å². The number of para-hydroxylation sites is 1. The van der Waals surface area contributed by atoms with Gasteiger partial charge in [-0.1, -0.05) is 40.2 Å². The van der Waals surface area contributed by atoms with Gasteiger partial charge in [0.1, 0.15) is 0 Å². The van der Waals surface area contributed by atoms with E-state index < -0.39 is 16.1 Å². The van der Waals surface area contributed by atoms with Crippen molar-refractivity contribution in [1.29, 1.82) is 0 Å². The maximum absolute atomic E-state index is 12.7. The summed E-state index contributed by atoms with van der Waals surface area (Å²) in [5, 5.41) is 11.9. The van der Waals surface area contributed by atoms with Crippen LogP contribution in [0.3, 0.4) is 0 Å². The molecule has 1 aliphatic rings. The second kappa shape index (κ2) is 5.92. The molecule has 0 saturated heterocycles. The Morgan fingerprint density at radius 2 is 1.84 bits per heavy atom. The van der Waals surface area contributed by atoms with Gasteiger partial charge in [0.05, 0.1) is 24.5 Å². The summed E-state index contributed by atoms with van der Waals surface area (Å²) in [6.07, 6.45) is 1.22. The molecule has 1 atom stereocenters. The summed E-state index contributed by atoms with van der Waals surface area (Å²) in [7, 11) is -3.53. The van der Waals surface area contributed by atoms with Gasteiger partial charge >= 0.3 is 0 Å². The van der Waals surface area contributed by atoms with E-state index in [1.54, 1.807) is 10.7 Å². The minimum absolute atomic E-state index is 0.325. The number of benzene rings is 2. The smallest absolute Gasteiger partial charge is 0.232 e. The second-order valence-electron chi connectivity index (χ2n) is 5.83. The first-order valence-electron chi connectivity index (χ1n) is 7.55. The molecule has 7 nitrogen and oxygen atoms in total. The van der Waals surface area contributed by atoms with E-state index in [0.29, 0.717) is 23.6 Å². The van der Waals surface area contributed by atoms with Gasteiger partial charge in [-0.05, 0) is 40.3 Å². The number of aromatic nitrogens is 4. The number of tetrazole rings is 1. The van der Waals surface area contributed by atoms with E-state index in [0.717, 1.165) is 10.0 Å². The Kier molecular flexibility index (Phi) is 3.84. The average molecular weight is 420 g/mol. The van der Waals surface area contributed by atoms with Crippen LogP contribution in [0.4, 0.5) is 5.69 Å². The van der Waals surface area contributed by atoms with Crippen LogP contribution in [0.25, 0.3) is 11.4 Å². The molecule has 0 bridgehead atoms. The highest BCUT2D eigenvalue weighted by Gasteiger charge is 2.35. The predicted octanol–water partition coefficient (Wildman–Crippen LogP) is 2.62. The lowest BCUT2D eigenvalue weighted by Gasteiger charge is -2.30. The van der Waals surface area contributed by atoms with Crippen molar-refractivity contribution in [2.24, 2.45) is 0 Å². The fourth-order valence-corrected chi connectivity index (χ4v) is 4.55. The molecule has 0 spiro atoms. The molecule has 0 fully saturated rings. The van der Waals surface area contributed by atoms with Gasteiger partial charge in [-0.15, -0.1) is 5.10 Å². The fourth-order valence-electron chi connectivity index (χ4n) is 3.12. The van der Waals surface area contributed by atoms with Gasteiger partial charge in [0.15, 0.2) is 5.82 Å². The van der Waals surface area contributed by atoms with Gasteiger partial charge in [-0.3, -0.25) is 4.31 Å². The molecule has 2 aromatic carbocycles. The Balaban J connectivity index is 1.99. The van der Waals surface area contributed by atoms with Crippen LogP contribution >= 0.6 is 15.9 Å². The molecule has 9 heteroatoms. The Hall–Kier alpha value is -2.26. The first-order chi connectivity index (χ1) is 11.9. The Labute approximate surface area is 153 Å². The number of rotatable bonds is 2. The average Bonchev–Trinajstić information content (AvgIpc) is 2.97. The van der Waals surface area contributed by atoms with Gasteiger partial charge in [0.2, 0.25) is 10.0 Å². The van der Waals surface area contributed by atoms with Crippen LogP contribution < -0.4 is 4.31 Å². The molecule has 1 unspecified atom stereocenters. The normalized spacial score (nSPS) is 16.9. The largest absolute Gasteiger partial charge is 0.260 e. The standard InChI is InChI=1S/C16H14BrN5O2S/c1-25(23,24)22-14-5-3-2-4-13(14)16-18-19-20-21(16)10-15(22)11-6-8-12(17)9-7-11/h2-9,15H,10H2,1H3. The summed E-state index contributed by atoms with van der Waals surface area (Å²) in [5.74, 6) is 0.559. The first-order valence-corrected chi connectivity index (χ1v) is 10.2. The molecule has 25 heavy (non-hydrogen) atoms. The molecule has 2 heterocycles. The van der Waals surface area contributed by atoms with Crippen LogP contribution in [-0.4, -0.2) is 34.9 Å². The van der Waals surface area contributed by atoms with Crippen molar-refractivity contribution in [2.75, 3.05) is 10.6 Å². The van der Waals surface area contributed by atoms with Crippen LogP contribution in [0.5, 0.6) is 0 Å². The predicted molar refractivity (Wildman–Crippen MR) is 97.5 cm³/mol. The van der Waals surface area contributed by atoms with Crippen molar-refractivity contribution < 1.29 is 8.42 Å². The van der Waals surface area contributed by atoms with Crippen molar-refractivity contribution in [2.45, 2.75) is 12.6 Å². The van der Waals surface area contributed by atoms with E-state index in [2.05, 4.69) is 31.5 Å². The number of hydrogen-bond donors (Lipinski definition) is 0.